The summed E-state index contributed by atoms with van der Waals surface area (Å²) in [5.74, 6) is 0.868. The van der Waals surface area contributed by atoms with E-state index in [0.717, 1.165) is 11.4 Å². The Bertz CT molecular complexity index is 364. The lowest BCUT2D eigenvalue weighted by Crippen LogP contribution is -2.29. The van der Waals surface area contributed by atoms with Crippen LogP contribution in [-0.2, 0) is 0 Å². The largest absolute Gasteiger partial charge is 0.356 e. The number of nitriles is 1. The fourth-order valence-electron chi connectivity index (χ4n) is 1.37. The highest BCUT2D eigenvalue weighted by atomic mass is 15.2. The van der Waals surface area contributed by atoms with Crippen molar-refractivity contribution in [3.05, 3.63) is 23.9 Å². The van der Waals surface area contributed by atoms with Crippen LogP contribution < -0.4 is 10.6 Å². The molecule has 0 bridgehead atoms. The van der Waals surface area contributed by atoms with Gasteiger partial charge in [0, 0.05) is 25.3 Å². The third kappa shape index (κ3) is 2.94. The molecule has 0 aliphatic heterocycles. The molecule has 86 valence electrons. The summed E-state index contributed by atoms with van der Waals surface area (Å²) in [6.07, 6.45) is 2.28. The second-order valence-corrected chi connectivity index (χ2v) is 4.06. The number of nitrogens with two attached hydrogens (primary N) is 1. The molecule has 1 aromatic rings. The number of hydrogen-bond donors (Lipinski definition) is 1. The van der Waals surface area contributed by atoms with Gasteiger partial charge in [0.25, 0.3) is 0 Å². The molecule has 0 fully saturated rings. The van der Waals surface area contributed by atoms with Crippen LogP contribution in [0.2, 0.25) is 0 Å². The van der Waals surface area contributed by atoms with Crippen molar-refractivity contribution in [2.24, 2.45) is 5.73 Å². The molecule has 1 heterocycles. The molecular weight excluding hydrogens is 200 g/mol. The third-order valence-electron chi connectivity index (χ3n) is 2.71. The Labute approximate surface area is 96.7 Å². The molecule has 2 atom stereocenters. The predicted octanol–water partition coefficient (Wildman–Crippen LogP) is 1.84. The van der Waals surface area contributed by atoms with E-state index < -0.39 is 0 Å². The van der Waals surface area contributed by atoms with Crippen molar-refractivity contribution >= 4 is 5.82 Å². The fraction of sp³-hybridized carbons (Fsp3) is 0.500. The molecule has 1 unspecified atom stereocenters. The van der Waals surface area contributed by atoms with E-state index in [0.29, 0.717) is 6.42 Å². The Kier molecular flexibility index (Phi) is 4.27. The predicted molar refractivity (Wildman–Crippen MR) is 64.9 cm³/mol. The van der Waals surface area contributed by atoms with E-state index in [1.54, 1.807) is 6.20 Å². The molecular formula is C12H18N4. The van der Waals surface area contributed by atoms with Crippen LogP contribution in [0.4, 0.5) is 5.82 Å². The molecule has 1 rings (SSSR count). The van der Waals surface area contributed by atoms with Gasteiger partial charge in [-0.2, -0.15) is 5.26 Å². The van der Waals surface area contributed by atoms with Crippen LogP contribution in [-0.4, -0.2) is 18.1 Å². The van der Waals surface area contributed by atoms with Crippen molar-refractivity contribution in [1.29, 1.82) is 5.26 Å². The van der Waals surface area contributed by atoms with E-state index in [2.05, 4.69) is 11.1 Å². The van der Waals surface area contributed by atoms with E-state index in [9.17, 15) is 0 Å². The quantitative estimate of drug-likeness (QED) is 0.837. The smallest absolute Gasteiger partial charge is 0.128 e. The minimum Gasteiger partial charge on any atom is -0.356 e. The van der Waals surface area contributed by atoms with Gasteiger partial charge in [-0.05, 0) is 25.5 Å². The highest BCUT2D eigenvalue weighted by molar-refractivity contribution is 5.40. The first-order valence-electron chi connectivity index (χ1n) is 5.37. The monoisotopic (exact) mass is 218 g/mol. The van der Waals surface area contributed by atoms with Crippen LogP contribution in [0, 0.1) is 11.3 Å². The van der Waals surface area contributed by atoms with Crippen molar-refractivity contribution in [2.45, 2.75) is 32.4 Å². The lowest BCUT2D eigenvalue weighted by molar-refractivity contribution is 0.692. The lowest BCUT2D eigenvalue weighted by atomic mass is 10.1. The van der Waals surface area contributed by atoms with Crippen molar-refractivity contribution in [3.63, 3.8) is 0 Å². The molecule has 0 spiro atoms. The number of rotatable bonds is 4. The van der Waals surface area contributed by atoms with Crippen LogP contribution in [0.15, 0.2) is 18.3 Å². The van der Waals surface area contributed by atoms with E-state index in [1.807, 2.05) is 37.9 Å². The van der Waals surface area contributed by atoms with Crippen molar-refractivity contribution in [2.75, 3.05) is 11.9 Å². The molecule has 4 heteroatoms. The summed E-state index contributed by atoms with van der Waals surface area (Å²) < 4.78 is 0. The van der Waals surface area contributed by atoms with Gasteiger partial charge in [-0.25, -0.2) is 4.98 Å². The van der Waals surface area contributed by atoms with E-state index in [4.69, 9.17) is 11.0 Å². The highest BCUT2D eigenvalue weighted by Gasteiger charge is 2.10. The van der Waals surface area contributed by atoms with Gasteiger partial charge in [-0.15, -0.1) is 0 Å². The zero-order valence-corrected chi connectivity index (χ0v) is 10.0. The molecule has 0 aromatic carbocycles. The fourth-order valence-corrected chi connectivity index (χ4v) is 1.37. The maximum absolute atomic E-state index is 8.64. The van der Waals surface area contributed by atoms with Gasteiger partial charge in [-0.3, -0.25) is 0 Å². The van der Waals surface area contributed by atoms with Crippen molar-refractivity contribution < 1.29 is 0 Å². The zero-order chi connectivity index (χ0) is 12.1. The molecule has 0 radical (unpaired) electrons. The summed E-state index contributed by atoms with van der Waals surface area (Å²) in [6.45, 7) is 3.93. The first kappa shape index (κ1) is 12.5. The molecule has 1 aromatic heterocycles. The molecule has 0 saturated carbocycles. The van der Waals surface area contributed by atoms with Gasteiger partial charge in [0.05, 0.1) is 12.5 Å². The van der Waals surface area contributed by atoms with Gasteiger partial charge in [-0.1, -0.05) is 6.07 Å². The summed E-state index contributed by atoms with van der Waals surface area (Å²) in [4.78, 5) is 6.33. The Balaban J connectivity index is 2.78. The Hall–Kier alpha value is -1.60. The second-order valence-electron chi connectivity index (χ2n) is 4.06. The van der Waals surface area contributed by atoms with E-state index in [-0.39, 0.29) is 12.1 Å². The Morgan fingerprint density at radius 3 is 2.62 bits per heavy atom. The highest BCUT2D eigenvalue weighted by Crippen LogP contribution is 2.16. The standard InChI is InChI=1S/C12H18N4/c1-9(6-7-13)16(3)12-5-4-11(8-15-12)10(2)14/h4-5,8-10H,6,14H2,1-3H3/t9?,10-/m0/s1. The van der Waals surface area contributed by atoms with Crippen LogP contribution in [0.5, 0.6) is 0 Å². The molecule has 0 aliphatic rings. The first-order valence-corrected chi connectivity index (χ1v) is 5.37. The number of pyridine rings is 1. The minimum atomic E-state index is 0.00314. The summed E-state index contributed by atoms with van der Waals surface area (Å²) in [7, 11) is 1.94. The van der Waals surface area contributed by atoms with Crippen LogP contribution >= 0.6 is 0 Å². The van der Waals surface area contributed by atoms with Gasteiger partial charge < -0.3 is 10.6 Å². The summed E-state index contributed by atoms with van der Waals surface area (Å²) in [5, 5.41) is 8.64. The maximum atomic E-state index is 8.64. The normalized spacial score (nSPS) is 13.9. The molecule has 4 nitrogen and oxygen atoms in total. The zero-order valence-electron chi connectivity index (χ0n) is 10.0. The number of hydrogen-bond acceptors (Lipinski definition) is 4. The lowest BCUT2D eigenvalue weighted by Gasteiger charge is -2.24. The number of nitrogens with zero attached hydrogens (tertiary/aromatic N) is 3. The topological polar surface area (TPSA) is 65.9 Å². The molecule has 0 amide bonds. The summed E-state index contributed by atoms with van der Waals surface area (Å²) >= 11 is 0. The van der Waals surface area contributed by atoms with Crippen molar-refractivity contribution in [1.82, 2.24) is 4.98 Å². The van der Waals surface area contributed by atoms with Gasteiger partial charge in [0.2, 0.25) is 0 Å². The van der Waals surface area contributed by atoms with Gasteiger partial charge in [0.1, 0.15) is 5.82 Å². The molecule has 0 aliphatic carbocycles. The number of aromatic nitrogens is 1. The third-order valence-corrected chi connectivity index (χ3v) is 2.71. The van der Waals surface area contributed by atoms with Crippen LogP contribution in [0.25, 0.3) is 0 Å². The molecule has 16 heavy (non-hydrogen) atoms. The Morgan fingerprint density at radius 1 is 1.50 bits per heavy atom. The van der Waals surface area contributed by atoms with Gasteiger partial charge >= 0.3 is 0 Å². The molecule has 0 saturated heterocycles. The molecule has 2 N–H and O–H groups in total. The van der Waals surface area contributed by atoms with Crippen molar-refractivity contribution in [3.8, 4) is 6.07 Å². The van der Waals surface area contributed by atoms with Gasteiger partial charge in [0.15, 0.2) is 0 Å². The summed E-state index contributed by atoms with van der Waals surface area (Å²) in [6, 6.07) is 6.24. The SMILES string of the molecule is CC(CC#N)N(C)c1ccc([C@H](C)N)cn1. The maximum Gasteiger partial charge on any atom is 0.128 e. The first-order chi connectivity index (χ1) is 7.56. The van der Waals surface area contributed by atoms with E-state index >= 15 is 0 Å². The average Bonchev–Trinajstić information content (AvgIpc) is 2.28. The average molecular weight is 218 g/mol. The number of anilines is 1. The van der Waals surface area contributed by atoms with E-state index in [1.165, 1.54) is 0 Å². The summed E-state index contributed by atoms with van der Waals surface area (Å²) in [5.41, 5.74) is 6.77. The minimum absolute atomic E-state index is 0.00314. The second kappa shape index (κ2) is 5.47. The van der Waals surface area contributed by atoms with Crippen LogP contribution in [0.3, 0.4) is 0 Å². The van der Waals surface area contributed by atoms with Crippen LogP contribution in [0.1, 0.15) is 31.9 Å². The Morgan fingerprint density at radius 2 is 2.19 bits per heavy atom.